The Labute approximate surface area is 113 Å². The topological polar surface area (TPSA) is 63.8 Å². The fraction of sp³-hybridized carbons (Fsp3) is 0.0769. The molecule has 0 bridgehead atoms. The minimum atomic E-state index is -0.522. The van der Waals surface area contributed by atoms with E-state index < -0.39 is 5.82 Å². The molecule has 0 radical (unpaired) electrons. The summed E-state index contributed by atoms with van der Waals surface area (Å²) in [5.41, 5.74) is 3.42. The number of halogens is 1. The first-order valence-corrected chi connectivity index (χ1v) is 6.56. The summed E-state index contributed by atoms with van der Waals surface area (Å²) in [4.78, 5) is 8.33. The molecule has 19 heavy (non-hydrogen) atoms. The summed E-state index contributed by atoms with van der Waals surface area (Å²) in [6.45, 7) is 1.59. The van der Waals surface area contributed by atoms with E-state index in [0.29, 0.717) is 5.82 Å². The number of hydrogen-bond donors (Lipinski definition) is 2. The number of anilines is 1. The molecular weight excluding hydrogens is 263 g/mol. The Morgan fingerprint density at radius 2 is 2.05 bits per heavy atom. The van der Waals surface area contributed by atoms with Gasteiger partial charge in [0.1, 0.15) is 0 Å². The summed E-state index contributed by atoms with van der Waals surface area (Å²) >= 11 is 1.61. The normalized spacial score (nSPS) is 10.9. The average Bonchev–Trinajstić information content (AvgIpc) is 2.85. The minimum Gasteiger partial charge on any atom is -0.306 e. The van der Waals surface area contributed by atoms with Crippen LogP contribution in [0.2, 0.25) is 0 Å². The molecule has 0 aliphatic rings. The van der Waals surface area contributed by atoms with Crippen LogP contribution in [0.4, 0.5) is 10.2 Å². The second kappa shape index (κ2) is 4.56. The number of thiophene rings is 1. The number of nitrogens with zero attached hydrogens (tertiary/aromatic N) is 2. The van der Waals surface area contributed by atoms with E-state index in [0.717, 1.165) is 15.6 Å². The summed E-state index contributed by atoms with van der Waals surface area (Å²) in [6.07, 6.45) is 0. The number of fused-ring (bicyclic) bond motifs is 1. The first kappa shape index (κ1) is 12.0. The molecule has 0 aliphatic heterocycles. The molecule has 0 atom stereocenters. The van der Waals surface area contributed by atoms with Crippen molar-refractivity contribution in [3.8, 4) is 11.4 Å². The van der Waals surface area contributed by atoms with Gasteiger partial charge in [-0.05, 0) is 13.0 Å². The smallest absolute Gasteiger partial charge is 0.187 e. The maximum absolute atomic E-state index is 13.7. The molecule has 2 heterocycles. The van der Waals surface area contributed by atoms with E-state index in [1.165, 1.54) is 0 Å². The molecule has 0 unspecified atom stereocenters. The fourth-order valence-corrected chi connectivity index (χ4v) is 2.87. The number of nitrogens with two attached hydrogens (primary N) is 1. The first-order chi connectivity index (χ1) is 9.20. The highest BCUT2D eigenvalue weighted by Crippen LogP contribution is 2.32. The fourth-order valence-electron chi connectivity index (χ4n) is 1.93. The standard InChI is InChI=1S/C13H11FN4S/c1-7-11(14)13(18-15)17-12(16-7)9-6-19-10-5-3-2-4-8(9)10/h2-6H,15H2,1H3,(H,16,17,18). The molecule has 2 aromatic heterocycles. The Kier molecular flexibility index (Phi) is 2.88. The van der Waals surface area contributed by atoms with Gasteiger partial charge >= 0.3 is 0 Å². The van der Waals surface area contributed by atoms with E-state index >= 15 is 0 Å². The molecule has 0 aliphatic carbocycles. The first-order valence-electron chi connectivity index (χ1n) is 5.68. The van der Waals surface area contributed by atoms with E-state index in [1.54, 1.807) is 18.3 Å². The predicted octanol–water partition coefficient (Wildman–Crippen LogP) is 3.09. The number of benzene rings is 1. The number of hydrogen-bond acceptors (Lipinski definition) is 5. The van der Waals surface area contributed by atoms with Crippen LogP contribution in [-0.4, -0.2) is 9.97 Å². The van der Waals surface area contributed by atoms with Gasteiger partial charge in [0.2, 0.25) is 0 Å². The van der Waals surface area contributed by atoms with Crippen molar-refractivity contribution in [3.63, 3.8) is 0 Å². The minimum absolute atomic E-state index is 0.0118. The number of aromatic nitrogens is 2. The second-order valence-electron chi connectivity index (χ2n) is 4.09. The van der Waals surface area contributed by atoms with Crippen LogP contribution in [0.15, 0.2) is 29.6 Å². The van der Waals surface area contributed by atoms with Crippen molar-refractivity contribution in [1.29, 1.82) is 0 Å². The number of aryl methyl sites for hydroxylation is 1. The van der Waals surface area contributed by atoms with Gasteiger partial charge in [0.15, 0.2) is 17.5 Å². The average molecular weight is 274 g/mol. The van der Waals surface area contributed by atoms with Crippen molar-refractivity contribution in [2.45, 2.75) is 6.92 Å². The van der Waals surface area contributed by atoms with Gasteiger partial charge in [-0.1, -0.05) is 18.2 Å². The van der Waals surface area contributed by atoms with Gasteiger partial charge in [0.25, 0.3) is 0 Å². The Hall–Kier alpha value is -2.05. The molecule has 96 valence electrons. The van der Waals surface area contributed by atoms with E-state index in [-0.39, 0.29) is 11.5 Å². The Bertz CT molecular complexity index is 753. The Morgan fingerprint density at radius 1 is 1.26 bits per heavy atom. The zero-order chi connectivity index (χ0) is 13.4. The highest BCUT2D eigenvalue weighted by Gasteiger charge is 2.14. The van der Waals surface area contributed by atoms with Crippen molar-refractivity contribution in [2.75, 3.05) is 5.43 Å². The molecule has 0 saturated carbocycles. The highest BCUT2D eigenvalue weighted by molar-refractivity contribution is 7.17. The van der Waals surface area contributed by atoms with Crippen LogP contribution < -0.4 is 11.3 Å². The zero-order valence-electron chi connectivity index (χ0n) is 10.1. The van der Waals surface area contributed by atoms with Crippen LogP contribution >= 0.6 is 11.3 Å². The molecule has 3 rings (SSSR count). The maximum atomic E-state index is 13.7. The third-order valence-corrected chi connectivity index (χ3v) is 3.84. The summed E-state index contributed by atoms with van der Waals surface area (Å²) < 4.78 is 14.8. The van der Waals surface area contributed by atoms with Gasteiger partial charge in [-0.15, -0.1) is 11.3 Å². The van der Waals surface area contributed by atoms with Crippen LogP contribution in [-0.2, 0) is 0 Å². The Balaban J connectivity index is 2.24. The quantitative estimate of drug-likeness (QED) is 0.557. The molecular formula is C13H11FN4S. The van der Waals surface area contributed by atoms with Gasteiger partial charge in [-0.25, -0.2) is 20.2 Å². The number of nitrogens with one attached hydrogen (secondary N) is 1. The van der Waals surface area contributed by atoms with Crippen LogP contribution in [0.5, 0.6) is 0 Å². The van der Waals surface area contributed by atoms with Crippen LogP contribution in [0.25, 0.3) is 21.5 Å². The van der Waals surface area contributed by atoms with Crippen molar-refractivity contribution >= 4 is 27.2 Å². The van der Waals surface area contributed by atoms with Gasteiger partial charge in [0.05, 0.1) is 5.69 Å². The highest BCUT2D eigenvalue weighted by atomic mass is 32.1. The van der Waals surface area contributed by atoms with E-state index in [9.17, 15) is 4.39 Å². The van der Waals surface area contributed by atoms with Crippen molar-refractivity contribution in [1.82, 2.24) is 9.97 Å². The summed E-state index contributed by atoms with van der Waals surface area (Å²) in [5, 5.41) is 3.03. The molecule has 0 spiro atoms. The van der Waals surface area contributed by atoms with E-state index in [2.05, 4.69) is 15.4 Å². The van der Waals surface area contributed by atoms with E-state index in [1.807, 2.05) is 29.6 Å². The largest absolute Gasteiger partial charge is 0.306 e. The summed E-state index contributed by atoms with van der Waals surface area (Å²) in [5.74, 6) is 5.24. The Morgan fingerprint density at radius 3 is 2.84 bits per heavy atom. The van der Waals surface area contributed by atoms with Crippen LogP contribution in [0.3, 0.4) is 0 Å². The monoisotopic (exact) mass is 274 g/mol. The van der Waals surface area contributed by atoms with Gasteiger partial charge < -0.3 is 5.43 Å². The van der Waals surface area contributed by atoms with Crippen molar-refractivity contribution in [3.05, 3.63) is 41.2 Å². The maximum Gasteiger partial charge on any atom is 0.187 e. The third kappa shape index (κ3) is 1.94. The molecule has 3 N–H and O–H groups in total. The summed E-state index contributed by atoms with van der Waals surface area (Å²) in [6, 6.07) is 7.96. The van der Waals surface area contributed by atoms with Gasteiger partial charge in [-0.2, -0.15) is 0 Å². The zero-order valence-corrected chi connectivity index (χ0v) is 11.0. The molecule has 0 saturated heterocycles. The van der Waals surface area contributed by atoms with Crippen molar-refractivity contribution in [2.24, 2.45) is 5.84 Å². The molecule has 3 aromatic rings. The molecule has 1 aromatic carbocycles. The second-order valence-corrected chi connectivity index (χ2v) is 5.00. The van der Waals surface area contributed by atoms with E-state index in [4.69, 9.17) is 5.84 Å². The molecule has 6 heteroatoms. The SMILES string of the molecule is Cc1nc(-c2csc3ccccc23)nc(NN)c1F. The molecule has 0 amide bonds. The van der Waals surface area contributed by atoms with Gasteiger partial charge in [0, 0.05) is 21.0 Å². The number of nitrogen functional groups attached to an aromatic ring is 1. The molecule has 4 nitrogen and oxygen atoms in total. The van der Waals surface area contributed by atoms with Crippen LogP contribution in [0, 0.1) is 12.7 Å². The molecule has 0 fully saturated rings. The lowest BCUT2D eigenvalue weighted by Crippen LogP contribution is -2.12. The predicted molar refractivity (Wildman–Crippen MR) is 75.4 cm³/mol. The summed E-state index contributed by atoms with van der Waals surface area (Å²) in [7, 11) is 0. The third-order valence-electron chi connectivity index (χ3n) is 2.88. The van der Waals surface area contributed by atoms with Gasteiger partial charge in [-0.3, -0.25) is 0 Å². The lowest BCUT2D eigenvalue weighted by molar-refractivity contribution is 0.606. The number of hydrazine groups is 1. The number of rotatable bonds is 2. The lowest BCUT2D eigenvalue weighted by Gasteiger charge is -2.06. The van der Waals surface area contributed by atoms with Crippen LogP contribution in [0.1, 0.15) is 5.69 Å². The van der Waals surface area contributed by atoms with Crippen molar-refractivity contribution < 1.29 is 4.39 Å². The lowest BCUT2D eigenvalue weighted by atomic mass is 10.1.